The number of β-amino-alcohol motifs (C(OH)–C–C–N with tert-alkyl or cyclic N) is 2. The van der Waals surface area contributed by atoms with Crippen molar-refractivity contribution in [3.05, 3.63) is 242 Å². The molecule has 16 rings (SSSR count). The number of para-hydroxylation sites is 3. The van der Waals surface area contributed by atoms with Gasteiger partial charge in [-0.15, -0.1) is 0 Å². The minimum Gasteiger partial charge on any atom is -0.390 e. The van der Waals surface area contributed by atoms with Crippen LogP contribution in [0.25, 0.3) is 82.9 Å². The van der Waals surface area contributed by atoms with Crippen LogP contribution in [0.2, 0.25) is 0 Å². The SMILES string of the molecule is C1CSCCN1.N#Cc1cc2c(c3ccccc3n2CC(O)CN2CCS(=O)(=O)CC2)n(-c2ccc([N+](=O)[O-])cc2)c1=O.N#Cc1cc2c(c3ccccc3n2CC(O)CN2CCSCC2)n(-c2ccc([N+](=O)[O-])cc2)c1=O.N#Cc1cc2c(c3ccccc3n2CC2CO2)n(-c2ccc([N+](=O)[O-])cc2)c1=O. The van der Waals surface area contributed by atoms with Gasteiger partial charge in [-0.2, -0.15) is 39.3 Å². The van der Waals surface area contributed by atoms with Gasteiger partial charge < -0.3 is 34.0 Å². The molecule has 29 nitrogen and oxygen atoms in total. The van der Waals surface area contributed by atoms with Gasteiger partial charge in [-0.1, -0.05) is 54.6 Å². The average Bonchev–Trinajstić information content (AvgIpc) is 1.61. The molecule has 12 aromatic rings. The predicted octanol–water partition coefficient (Wildman–Crippen LogP) is 8.40. The average molecular weight is 1500 g/mol. The summed E-state index contributed by atoms with van der Waals surface area (Å²) >= 11 is 3.95. The molecule has 0 amide bonds. The number of aliphatic hydroxyl groups excluding tert-OH is 2. The molecule has 6 aromatic heterocycles. The highest BCUT2D eigenvalue weighted by atomic mass is 32.2. The van der Waals surface area contributed by atoms with E-state index >= 15 is 0 Å². The van der Waals surface area contributed by atoms with Crippen LogP contribution in [0.15, 0.2) is 178 Å². The second kappa shape index (κ2) is 32.2. The fourth-order valence-corrected chi connectivity index (χ4v) is 16.8. The molecule has 546 valence electrons. The highest BCUT2D eigenvalue weighted by molar-refractivity contribution is 7.99. The Morgan fingerprint density at radius 1 is 0.477 bits per heavy atom. The molecule has 0 spiro atoms. The third-order valence-corrected chi connectivity index (χ3v) is 22.5. The summed E-state index contributed by atoms with van der Waals surface area (Å²) in [5.41, 5.74) is 5.58. The van der Waals surface area contributed by atoms with Gasteiger partial charge in [0.2, 0.25) is 0 Å². The van der Waals surface area contributed by atoms with Crippen LogP contribution in [0.3, 0.4) is 0 Å². The van der Waals surface area contributed by atoms with Gasteiger partial charge in [0.25, 0.3) is 33.7 Å². The monoisotopic (exact) mass is 1500 g/mol. The van der Waals surface area contributed by atoms with Crippen molar-refractivity contribution in [3.8, 4) is 35.3 Å². The van der Waals surface area contributed by atoms with Crippen LogP contribution in [-0.4, -0.2) is 182 Å². The van der Waals surface area contributed by atoms with E-state index in [0.29, 0.717) is 89.4 Å². The molecule has 10 heterocycles. The number of nitro groups is 3. The lowest BCUT2D eigenvalue weighted by atomic mass is 10.2. The summed E-state index contributed by atoms with van der Waals surface area (Å²) < 4.78 is 39.0. The predicted molar refractivity (Wildman–Crippen MR) is 410 cm³/mol. The quantitative estimate of drug-likeness (QED) is 0.0464. The van der Waals surface area contributed by atoms with Gasteiger partial charge in [0.15, 0.2) is 9.84 Å². The molecule has 3 unspecified atom stereocenters. The molecule has 0 bridgehead atoms. The molecule has 6 aromatic carbocycles. The number of fused-ring (bicyclic) bond motifs is 9. The summed E-state index contributed by atoms with van der Waals surface area (Å²) in [7, 11) is -3.04. The van der Waals surface area contributed by atoms with Crippen LogP contribution < -0.4 is 22.0 Å². The fraction of sp³-hybridized carbons (Fsp3) is 0.280. The number of thioether (sulfide) groups is 2. The minimum absolute atomic E-state index is 0.0108. The van der Waals surface area contributed by atoms with Crippen LogP contribution in [0.4, 0.5) is 17.1 Å². The zero-order chi connectivity index (χ0) is 75.2. The third kappa shape index (κ3) is 15.8. The molecule has 4 fully saturated rings. The number of epoxide rings is 1. The van der Waals surface area contributed by atoms with E-state index in [9.17, 15) is 79.1 Å². The van der Waals surface area contributed by atoms with Gasteiger partial charge in [-0.05, 0) is 72.8 Å². The highest BCUT2D eigenvalue weighted by Crippen LogP contribution is 2.36. The number of nitriles is 3. The Hall–Kier alpha value is -11.4. The molecule has 32 heteroatoms. The van der Waals surface area contributed by atoms with E-state index in [1.807, 2.05) is 129 Å². The molecule has 0 aliphatic carbocycles. The second-order valence-electron chi connectivity index (χ2n) is 25.8. The minimum atomic E-state index is -3.04. The van der Waals surface area contributed by atoms with E-state index in [4.69, 9.17) is 4.74 Å². The summed E-state index contributed by atoms with van der Waals surface area (Å²) in [6.45, 7) is 7.58. The maximum absolute atomic E-state index is 13.3. The maximum Gasteiger partial charge on any atom is 0.273 e. The van der Waals surface area contributed by atoms with Gasteiger partial charge >= 0.3 is 0 Å². The summed E-state index contributed by atoms with van der Waals surface area (Å²) in [5, 5.41) is 89.8. The van der Waals surface area contributed by atoms with E-state index in [1.165, 1.54) is 117 Å². The van der Waals surface area contributed by atoms with E-state index in [-0.39, 0.29) is 64.5 Å². The number of aliphatic hydroxyl groups is 2. The lowest BCUT2D eigenvalue weighted by molar-refractivity contribution is -0.385. The molecule has 4 aliphatic heterocycles. The molecule has 107 heavy (non-hydrogen) atoms. The number of pyridine rings is 3. The standard InChI is InChI=1S/C25H23N5O6S.C25H23N5O4S.C21H14N4O4.C4H9NS/c26-14-17-13-23-24(29(25(17)32)18-5-7-19(8-6-18)30(33)34)21-3-1-2-4-22(21)28(23)16-20(31)15-27-9-11-37(35,36)12-10-27;26-14-17-13-23-24(29(25(17)32)18-5-7-19(8-6-18)30(33)34)21-3-1-2-4-22(21)28(23)16-20(31)15-27-9-11-35-12-10-27;22-10-13-9-19-20(17-3-1-2-4-18(17)23(19)11-16-12-29-16)24(21(13)26)14-5-7-15(8-6-14)25(27)28;1-3-6-4-2-5-1/h1-8,13,20,31H,9-12,15-16H2;1-8,13,20,31H,9-12,15-16H2;1-9,16H,11-12H2;5H,1-4H2. The number of nitrogens with one attached hydrogen (secondary N) is 1. The highest BCUT2D eigenvalue weighted by Gasteiger charge is 2.30. The number of hydrogen-bond acceptors (Lipinski definition) is 22. The summed E-state index contributed by atoms with van der Waals surface area (Å²) in [4.78, 5) is 75.6. The second-order valence-corrected chi connectivity index (χ2v) is 30.6. The van der Waals surface area contributed by atoms with Crippen molar-refractivity contribution in [2.75, 3.05) is 93.5 Å². The molecule has 4 saturated heterocycles. The van der Waals surface area contributed by atoms with E-state index < -0.39 is 53.5 Å². The Morgan fingerprint density at radius 2 is 0.804 bits per heavy atom. The summed E-state index contributed by atoms with van der Waals surface area (Å²) in [6.07, 6.45) is -1.37. The first-order valence-corrected chi connectivity index (χ1v) is 38.3. The third-order valence-electron chi connectivity index (χ3n) is 19.0. The van der Waals surface area contributed by atoms with Gasteiger partial charge in [-0.25, -0.2) is 8.42 Å². The van der Waals surface area contributed by atoms with E-state index in [1.54, 1.807) is 12.1 Å². The van der Waals surface area contributed by atoms with Crippen LogP contribution in [-0.2, 0) is 34.2 Å². The van der Waals surface area contributed by atoms with Crippen molar-refractivity contribution in [1.82, 2.24) is 42.5 Å². The lowest BCUT2D eigenvalue weighted by Crippen LogP contribution is -2.44. The zero-order valence-electron chi connectivity index (χ0n) is 57.3. The van der Waals surface area contributed by atoms with Crippen molar-refractivity contribution >= 4 is 116 Å². The first kappa shape index (κ1) is 73.9. The number of hydrogen-bond donors (Lipinski definition) is 3. The van der Waals surface area contributed by atoms with Crippen molar-refractivity contribution in [3.63, 3.8) is 0 Å². The largest absolute Gasteiger partial charge is 0.390 e. The van der Waals surface area contributed by atoms with Gasteiger partial charge in [0.05, 0.1) is 120 Å². The van der Waals surface area contributed by atoms with Crippen molar-refractivity contribution in [2.24, 2.45) is 0 Å². The van der Waals surface area contributed by atoms with Crippen LogP contribution >= 0.6 is 23.5 Å². The smallest absolute Gasteiger partial charge is 0.273 e. The fourth-order valence-electron chi connectivity index (χ4n) is 13.8. The molecule has 0 saturated carbocycles. The van der Waals surface area contributed by atoms with Crippen molar-refractivity contribution in [1.29, 1.82) is 15.8 Å². The van der Waals surface area contributed by atoms with Crippen LogP contribution in [0.5, 0.6) is 0 Å². The number of benzene rings is 6. The van der Waals surface area contributed by atoms with Crippen molar-refractivity contribution < 1.29 is 38.1 Å². The number of sulfone groups is 1. The molecule has 0 radical (unpaired) electrons. The maximum atomic E-state index is 13.3. The lowest BCUT2D eigenvalue weighted by Gasteiger charge is -2.28. The normalized spacial score (nSPS) is 16.3. The van der Waals surface area contributed by atoms with Gasteiger partial charge in [-0.3, -0.25) is 68.2 Å². The Morgan fingerprint density at radius 3 is 1.12 bits per heavy atom. The molecular formula is C75H69N15O14S3. The molecule has 4 aliphatic rings. The molecule has 3 N–H and O–H groups in total. The Labute approximate surface area is 617 Å². The summed E-state index contributed by atoms with van der Waals surface area (Å²) in [5.74, 6) is 4.83. The molecule has 3 atom stereocenters. The van der Waals surface area contributed by atoms with Crippen LogP contribution in [0, 0.1) is 64.3 Å². The number of aromatic nitrogens is 6. The number of nitrogens with zero attached hydrogens (tertiary/aromatic N) is 14. The Bertz CT molecular complexity index is 5860. The van der Waals surface area contributed by atoms with Gasteiger partial charge in [0.1, 0.15) is 34.9 Å². The summed E-state index contributed by atoms with van der Waals surface area (Å²) in [6, 6.07) is 50.2. The Kier molecular flexibility index (Phi) is 22.2. The molecular weight excluding hydrogens is 1430 g/mol. The number of nitro benzene ring substituents is 3. The number of rotatable bonds is 16. The topological polar surface area (TPSA) is 387 Å². The van der Waals surface area contributed by atoms with Crippen molar-refractivity contribution in [2.45, 2.75) is 37.9 Å². The van der Waals surface area contributed by atoms with Gasteiger partial charge in [0, 0.05) is 145 Å². The zero-order valence-corrected chi connectivity index (χ0v) is 59.8. The Balaban J connectivity index is 0.000000137. The number of non-ortho nitro benzene ring substituents is 3. The van der Waals surface area contributed by atoms with E-state index in [2.05, 4.69) is 14.8 Å². The first-order chi connectivity index (χ1) is 51.7. The number of ether oxygens (including phenoxy) is 1. The van der Waals surface area contributed by atoms with Crippen LogP contribution in [0.1, 0.15) is 16.7 Å². The van der Waals surface area contributed by atoms with E-state index in [0.717, 1.165) is 57.4 Å². The first-order valence-electron chi connectivity index (χ1n) is 34.2.